The van der Waals surface area contributed by atoms with E-state index in [9.17, 15) is 0 Å². The lowest BCUT2D eigenvalue weighted by Gasteiger charge is -2.35. The Morgan fingerprint density at radius 3 is 2.54 bits per heavy atom. The Morgan fingerprint density at radius 1 is 1.31 bits per heavy atom. The van der Waals surface area contributed by atoms with Crippen LogP contribution in [-0.4, -0.2) is 0 Å². The Hall–Kier alpha value is 0. The monoisotopic (exact) mass is 180 g/mol. The molecule has 0 saturated heterocycles. The summed E-state index contributed by atoms with van der Waals surface area (Å²) in [5.41, 5.74) is 0.778. The quantitative estimate of drug-likeness (QED) is 0.600. The molecule has 13 heavy (non-hydrogen) atoms. The summed E-state index contributed by atoms with van der Waals surface area (Å²) < 4.78 is 0. The van der Waals surface area contributed by atoms with E-state index in [2.05, 4.69) is 27.7 Å². The highest BCUT2D eigenvalue weighted by molar-refractivity contribution is 5.07. The fourth-order valence-corrected chi connectivity index (χ4v) is 3.60. The van der Waals surface area contributed by atoms with Gasteiger partial charge in [0, 0.05) is 0 Å². The third-order valence-corrected chi connectivity index (χ3v) is 5.00. The lowest BCUT2D eigenvalue weighted by molar-refractivity contribution is 0.144. The van der Waals surface area contributed by atoms with Crippen molar-refractivity contribution in [3.8, 4) is 0 Å². The molecule has 0 aromatic rings. The smallest absolute Gasteiger partial charge is 0.0266 e. The molecule has 0 heterocycles. The van der Waals surface area contributed by atoms with Gasteiger partial charge in [0.2, 0.25) is 0 Å². The Kier molecular flexibility index (Phi) is 2.20. The molecule has 0 aromatic carbocycles. The first-order valence-electron chi connectivity index (χ1n) is 6.08. The molecular formula is C13H24. The molecule has 2 rings (SSSR count). The maximum atomic E-state index is 2.53. The van der Waals surface area contributed by atoms with E-state index >= 15 is 0 Å². The molecule has 2 fully saturated rings. The fourth-order valence-electron chi connectivity index (χ4n) is 3.60. The molecule has 0 N–H and O–H groups in total. The lowest BCUT2D eigenvalue weighted by Crippen LogP contribution is -2.27. The first-order valence-corrected chi connectivity index (χ1v) is 6.08. The summed E-state index contributed by atoms with van der Waals surface area (Å²) in [6, 6.07) is 0. The highest BCUT2D eigenvalue weighted by Gasteiger charge is 2.57. The maximum Gasteiger partial charge on any atom is -0.0266 e. The summed E-state index contributed by atoms with van der Waals surface area (Å²) >= 11 is 0. The van der Waals surface area contributed by atoms with Gasteiger partial charge in [-0.05, 0) is 48.3 Å². The molecule has 76 valence electrons. The molecule has 0 bridgehead atoms. The predicted molar refractivity (Wildman–Crippen MR) is 57.6 cm³/mol. The van der Waals surface area contributed by atoms with Crippen LogP contribution in [0.25, 0.3) is 0 Å². The summed E-state index contributed by atoms with van der Waals surface area (Å²) in [6.07, 6.45) is 6.00. The van der Waals surface area contributed by atoms with Crippen LogP contribution >= 0.6 is 0 Å². The predicted octanol–water partition coefficient (Wildman–Crippen LogP) is 4.10. The van der Waals surface area contributed by atoms with E-state index in [-0.39, 0.29) is 0 Å². The molecule has 0 heteroatoms. The van der Waals surface area contributed by atoms with Crippen molar-refractivity contribution in [2.24, 2.45) is 29.1 Å². The van der Waals surface area contributed by atoms with Gasteiger partial charge in [-0.15, -0.1) is 0 Å². The van der Waals surface area contributed by atoms with Crippen LogP contribution in [0.2, 0.25) is 0 Å². The van der Waals surface area contributed by atoms with Gasteiger partial charge in [0.1, 0.15) is 0 Å². The van der Waals surface area contributed by atoms with Gasteiger partial charge in [0.25, 0.3) is 0 Å². The fraction of sp³-hybridized carbons (Fsp3) is 1.00. The van der Waals surface area contributed by atoms with Crippen LogP contribution in [-0.2, 0) is 0 Å². The lowest BCUT2D eigenvalue weighted by atomic mass is 9.70. The average Bonchev–Trinajstić information content (AvgIpc) is 2.74. The van der Waals surface area contributed by atoms with E-state index in [4.69, 9.17) is 0 Å². The third kappa shape index (κ3) is 1.43. The second kappa shape index (κ2) is 3.00. The van der Waals surface area contributed by atoms with E-state index in [1.807, 2.05) is 0 Å². The molecule has 2 aliphatic carbocycles. The molecule has 0 aromatic heterocycles. The summed E-state index contributed by atoms with van der Waals surface area (Å²) in [5, 5.41) is 0. The van der Waals surface area contributed by atoms with E-state index < -0.39 is 0 Å². The first-order chi connectivity index (χ1) is 6.08. The second-order valence-corrected chi connectivity index (χ2v) is 5.99. The molecule has 0 radical (unpaired) electrons. The van der Waals surface area contributed by atoms with E-state index in [0.29, 0.717) is 0 Å². The summed E-state index contributed by atoms with van der Waals surface area (Å²) in [4.78, 5) is 0. The van der Waals surface area contributed by atoms with E-state index in [1.54, 1.807) is 0 Å². The van der Waals surface area contributed by atoms with E-state index in [1.165, 1.54) is 25.7 Å². The molecule has 0 spiro atoms. The number of hydrogen-bond donors (Lipinski definition) is 0. The summed E-state index contributed by atoms with van der Waals surface area (Å²) in [6.45, 7) is 9.72. The van der Waals surface area contributed by atoms with Gasteiger partial charge in [0.15, 0.2) is 0 Å². The Labute approximate surface area is 83.1 Å². The van der Waals surface area contributed by atoms with Crippen LogP contribution in [0.15, 0.2) is 0 Å². The minimum Gasteiger partial charge on any atom is -0.0651 e. The van der Waals surface area contributed by atoms with Crippen molar-refractivity contribution < 1.29 is 0 Å². The first kappa shape index (κ1) is 9.55. The Balaban J connectivity index is 2.03. The second-order valence-electron chi connectivity index (χ2n) is 5.99. The summed E-state index contributed by atoms with van der Waals surface area (Å²) in [7, 11) is 0. The summed E-state index contributed by atoms with van der Waals surface area (Å²) in [5.74, 6) is 4.09. The standard InChI is InChI=1S/C13H24/c1-5-11-6-10(9(2)3)7-12-8-13(11,12)4/h9-12H,5-8H2,1-4H3. The molecular weight excluding hydrogens is 156 g/mol. The van der Waals surface area contributed by atoms with Crippen LogP contribution in [0.3, 0.4) is 0 Å². The van der Waals surface area contributed by atoms with Crippen molar-refractivity contribution in [2.45, 2.75) is 53.4 Å². The van der Waals surface area contributed by atoms with Crippen LogP contribution in [0, 0.1) is 29.1 Å². The molecule has 2 saturated carbocycles. The van der Waals surface area contributed by atoms with Gasteiger partial charge in [0.05, 0.1) is 0 Å². The van der Waals surface area contributed by atoms with Crippen molar-refractivity contribution in [3.05, 3.63) is 0 Å². The zero-order valence-corrected chi connectivity index (χ0v) is 9.64. The van der Waals surface area contributed by atoms with Gasteiger partial charge in [-0.25, -0.2) is 0 Å². The van der Waals surface area contributed by atoms with Crippen molar-refractivity contribution >= 4 is 0 Å². The van der Waals surface area contributed by atoms with Gasteiger partial charge in [-0.2, -0.15) is 0 Å². The Bertz CT molecular complexity index is 194. The average molecular weight is 180 g/mol. The van der Waals surface area contributed by atoms with Crippen LogP contribution < -0.4 is 0 Å². The number of rotatable bonds is 2. The SMILES string of the molecule is CCC1CC(C(C)C)CC2CC12C. The normalized spacial score (nSPS) is 49.2. The van der Waals surface area contributed by atoms with Crippen molar-refractivity contribution in [1.29, 1.82) is 0 Å². The topological polar surface area (TPSA) is 0 Å². The minimum absolute atomic E-state index is 0.778. The van der Waals surface area contributed by atoms with Gasteiger partial charge in [-0.3, -0.25) is 0 Å². The van der Waals surface area contributed by atoms with Crippen LogP contribution in [0.4, 0.5) is 0 Å². The largest absolute Gasteiger partial charge is 0.0651 e. The van der Waals surface area contributed by atoms with Gasteiger partial charge >= 0.3 is 0 Å². The molecule has 2 aliphatic rings. The van der Waals surface area contributed by atoms with Crippen LogP contribution in [0.5, 0.6) is 0 Å². The highest BCUT2D eigenvalue weighted by Crippen LogP contribution is 2.66. The molecule has 0 nitrogen and oxygen atoms in total. The number of fused-ring (bicyclic) bond motifs is 1. The van der Waals surface area contributed by atoms with Crippen LogP contribution in [0.1, 0.15) is 53.4 Å². The molecule has 4 unspecified atom stereocenters. The maximum absolute atomic E-state index is 2.53. The zero-order valence-electron chi connectivity index (χ0n) is 9.64. The highest BCUT2D eigenvalue weighted by atomic mass is 14.6. The third-order valence-electron chi connectivity index (χ3n) is 5.00. The molecule has 0 amide bonds. The molecule has 0 aliphatic heterocycles. The van der Waals surface area contributed by atoms with Crippen molar-refractivity contribution in [3.63, 3.8) is 0 Å². The minimum atomic E-state index is 0.778. The van der Waals surface area contributed by atoms with Crippen molar-refractivity contribution in [2.75, 3.05) is 0 Å². The molecule has 4 atom stereocenters. The van der Waals surface area contributed by atoms with Gasteiger partial charge in [-0.1, -0.05) is 34.1 Å². The zero-order chi connectivity index (χ0) is 9.64. The van der Waals surface area contributed by atoms with Gasteiger partial charge < -0.3 is 0 Å². The van der Waals surface area contributed by atoms with Crippen molar-refractivity contribution in [1.82, 2.24) is 0 Å². The Morgan fingerprint density at radius 2 is 2.00 bits per heavy atom. The van der Waals surface area contributed by atoms with E-state index in [0.717, 1.165) is 29.1 Å². The number of hydrogen-bond acceptors (Lipinski definition) is 0.